The van der Waals surface area contributed by atoms with Crippen molar-refractivity contribution in [3.8, 4) is 11.8 Å². The molecule has 2 aromatic rings. The Labute approximate surface area is 109 Å². The fourth-order valence-electron chi connectivity index (χ4n) is 1.69. The highest BCUT2D eigenvalue weighted by atomic mass is 16.1. The summed E-state index contributed by atoms with van der Waals surface area (Å²) in [5.41, 5.74) is 1.34. The van der Waals surface area contributed by atoms with Crippen LogP contribution in [0.15, 0.2) is 47.4 Å². The lowest BCUT2D eigenvalue weighted by Crippen LogP contribution is -2.17. The second-order valence-corrected chi connectivity index (χ2v) is 3.97. The van der Waals surface area contributed by atoms with E-state index in [-0.39, 0.29) is 11.5 Å². The molecule has 0 aliphatic rings. The molecule has 0 radical (unpaired) electrons. The standard InChI is InChI=1S/C14H11N3O2/c1-10(18)16-12-3-2-4-13(7-12)17-9-11(8-15)5-6-14(17)19/h2-7,9H,1H3,(H,16,18). The third-order valence-electron chi connectivity index (χ3n) is 2.48. The van der Waals surface area contributed by atoms with Gasteiger partial charge < -0.3 is 5.32 Å². The molecule has 94 valence electrons. The van der Waals surface area contributed by atoms with Crippen LogP contribution in [-0.4, -0.2) is 10.5 Å². The number of nitrogens with one attached hydrogen (secondary N) is 1. The normalized spacial score (nSPS) is 9.68. The van der Waals surface area contributed by atoms with Crippen LogP contribution in [-0.2, 0) is 4.79 Å². The number of carbonyl (C=O) groups is 1. The van der Waals surface area contributed by atoms with Crippen molar-refractivity contribution in [3.05, 3.63) is 58.5 Å². The van der Waals surface area contributed by atoms with E-state index in [1.54, 1.807) is 24.3 Å². The van der Waals surface area contributed by atoms with Gasteiger partial charge in [0.2, 0.25) is 5.91 Å². The summed E-state index contributed by atoms with van der Waals surface area (Å²) in [7, 11) is 0. The number of amides is 1. The van der Waals surface area contributed by atoms with Gasteiger partial charge in [0.1, 0.15) is 6.07 Å². The molecule has 1 amide bonds. The minimum absolute atomic E-state index is 0.185. The summed E-state index contributed by atoms with van der Waals surface area (Å²) in [6, 6.07) is 11.6. The lowest BCUT2D eigenvalue weighted by atomic mass is 10.2. The van der Waals surface area contributed by atoms with E-state index in [1.165, 1.54) is 29.8 Å². The molecule has 1 aromatic carbocycles. The Morgan fingerprint density at radius 2 is 2.11 bits per heavy atom. The number of nitriles is 1. The van der Waals surface area contributed by atoms with Crippen molar-refractivity contribution in [3.63, 3.8) is 0 Å². The van der Waals surface area contributed by atoms with E-state index in [0.717, 1.165) is 0 Å². The molecule has 0 spiro atoms. The van der Waals surface area contributed by atoms with Crippen LogP contribution < -0.4 is 10.9 Å². The number of anilines is 1. The predicted molar refractivity (Wildman–Crippen MR) is 71.1 cm³/mol. The van der Waals surface area contributed by atoms with Crippen molar-refractivity contribution in [1.82, 2.24) is 4.57 Å². The van der Waals surface area contributed by atoms with Gasteiger partial charge >= 0.3 is 0 Å². The molecular weight excluding hydrogens is 242 g/mol. The minimum atomic E-state index is -0.237. The number of hydrogen-bond acceptors (Lipinski definition) is 3. The van der Waals surface area contributed by atoms with Gasteiger partial charge in [0.15, 0.2) is 0 Å². The van der Waals surface area contributed by atoms with E-state index >= 15 is 0 Å². The third-order valence-corrected chi connectivity index (χ3v) is 2.48. The first-order valence-electron chi connectivity index (χ1n) is 5.61. The van der Waals surface area contributed by atoms with Crippen LogP contribution in [0.2, 0.25) is 0 Å². The second kappa shape index (κ2) is 5.19. The Kier molecular flexibility index (Phi) is 3.44. The van der Waals surface area contributed by atoms with Crippen molar-refractivity contribution < 1.29 is 4.79 Å². The molecule has 0 aliphatic heterocycles. The SMILES string of the molecule is CC(=O)Nc1cccc(-n2cc(C#N)ccc2=O)c1. The monoisotopic (exact) mass is 253 g/mol. The highest BCUT2D eigenvalue weighted by Gasteiger charge is 2.03. The van der Waals surface area contributed by atoms with Crippen LogP contribution in [0, 0.1) is 11.3 Å². The molecule has 19 heavy (non-hydrogen) atoms. The lowest BCUT2D eigenvalue weighted by Gasteiger charge is -2.08. The molecule has 5 nitrogen and oxygen atoms in total. The Bertz CT molecular complexity index is 726. The zero-order valence-electron chi connectivity index (χ0n) is 10.3. The van der Waals surface area contributed by atoms with Crippen molar-refractivity contribution in [2.75, 3.05) is 5.32 Å². The minimum Gasteiger partial charge on any atom is -0.326 e. The van der Waals surface area contributed by atoms with Crippen LogP contribution in [0.3, 0.4) is 0 Å². The van der Waals surface area contributed by atoms with Gasteiger partial charge in [-0.05, 0) is 24.3 Å². The van der Waals surface area contributed by atoms with E-state index in [2.05, 4.69) is 5.32 Å². The van der Waals surface area contributed by atoms with Crippen molar-refractivity contribution in [1.29, 1.82) is 5.26 Å². The van der Waals surface area contributed by atoms with Crippen LogP contribution in [0.5, 0.6) is 0 Å². The van der Waals surface area contributed by atoms with Gasteiger partial charge in [0, 0.05) is 24.9 Å². The van der Waals surface area contributed by atoms with Gasteiger partial charge in [-0.3, -0.25) is 14.2 Å². The molecule has 0 saturated heterocycles. The number of pyridine rings is 1. The van der Waals surface area contributed by atoms with Gasteiger partial charge in [0.05, 0.1) is 11.3 Å². The topological polar surface area (TPSA) is 74.9 Å². The first-order valence-corrected chi connectivity index (χ1v) is 5.61. The van der Waals surface area contributed by atoms with E-state index in [9.17, 15) is 9.59 Å². The molecule has 0 saturated carbocycles. The first kappa shape index (κ1) is 12.6. The molecule has 0 bridgehead atoms. The summed E-state index contributed by atoms with van der Waals surface area (Å²) in [5.74, 6) is -0.185. The highest BCUT2D eigenvalue weighted by molar-refractivity contribution is 5.88. The highest BCUT2D eigenvalue weighted by Crippen LogP contribution is 2.13. The summed E-state index contributed by atoms with van der Waals surface area (Å²) >= 11 is 0. The molecule has 1 heterocycles. The molecule has 0 atom stereocenters. The summed E-state index contributed by atoms with van der Waals surface area (Å²) in [6.07, 6.45) is 1.47. The van der Waals surface area contributed by atoms with Crippen molar-refractivity contribution >= 4 is 11.6 Å². The van der Waals surface area contributed by atoms with Crippen LogP contribution in [0.1, 0.15) is 12.5 Å². The third kappa shape index (κ3) is 2.87. The molecule has 1 N–H and O–H groups in total. The molecule has 0 aliphatic carbocycles. The number of carbonyl (C=O) groups excluding carboxylic acids is 1. The summed E-state index contributed by atoms with van der Waals surface area (Å²) in [4.78, 5) is 22.8. The van der Waals surface area contributed by atoms with Gasteiger partial charge in [-0.2, -0.15) is 5.26 Å². The number of nitrogens with zero attached hydrogens (tertiary/aromatic N) is 2. The molecule has 0 unspecified atom stereocenters. The number of aromatic nitrogens is 1. The molecule has 0 fully saturated rings. The summed E-state index contributed by atoms with van der Waals surface area (Å²) in [5, 5.41) is 11.5. The first-order chi connectivity index (χ1) is 9.10. The number of rotatable bonds is 2. The lowest BCUT2D eigenvalue weighted by molar-refractivity contribution is -0.114. The fraction of sp³-hybridized carbons (Fsp3) is 0.0714. The largest absolute Gasteiger partial charge is 0.326 e. The van der Waals surface area contributed by atoms with Gasteiger partial charge in [-0.25, -0.2) is 0 Å². The van der Waals surface area contributed by atoms with E-state index in [0.29, 0.717) is 16.9 Å². The Hall–Kier alpha value is -2.87. The van der Waals surface area contributed by atoms with Gasteiger partial charge in [0.25, 0.3) is 5.56 Å². The van der Waals surface area contributed by atoms with E-state index < -0.39 is 0 Å². The average Bonchev–Trinajstić information content (AvgIpc) is 2.39. The molecule has 2 rings (SSSR count). The summed E-state index contributed by atoms with van der Waals surface area (Å²) in [6.45, 7) is 1.41. The zero-order chi connectivity index (χ0) is 13.8. The average molecular weight is 253 g/mol. The second-order valence-electron chi connectivity index (χ2n) is 3.97. The molecular formula is C14H11N3O2. The fourth-order valence-corrected chi connectivity index (χ4v) is 1.69. The van der Waals surface area contributed by atoms with Gasteiger partial charge in [-0.15, -0.1) is 0 Å². The van der Waals surface area contributed by atoms with Crippen molar-refractivity contribution in [2.45, 2.75) is 6.92 Å². The maximum Gasteiger partial charge on any atom is 0.255 e. The van der Waals surface area contributed by atoms with E-state index in [4.69, 9.17) is 5.26 Å². The zero-order valence-corrected chi connectivity index (χ0v) is 10.3. The number of hydrogen-bond donors (Lipinski definition) is 1. The maximum atomic E-state index is 11.8. The van der Waals surface area contributed by atoms with Crippen LogP contribution in [0.25, 0.3) is 5.69 Å². The number of benzene rings is 1. The van der Waals surface area contributed by atoms with Gasteiger partial charge in [-0.1, -0.05) is 6.07 Å². The molecule has 5 heteroatoms. The Morgan fingerprint density at radius 1 is 1.32 bits per heavy atom. The Morgan fingerprint density at radius 3 is 2.79 bits per heavy atom. The maximum absolute atomic E-state index is 11.8. The smallest absolute Gasteiger partial charge is 0.255 e. The predicted octanol–water partition coefficient (Wildman–Crippen LogP) is 1.67. The quantitative estimate of drug-likeness (QED) is 0.884. The van der Waals surface area contributed by atoms with Crippen LogP contribution in [0.4, 0.5) is 5.69 Å². The van der Waals surface area contributed by atoms with E-state index in [1.807, 2.05) is 6.07 Å². The van der Waals surface area contributed by atoms with Crippen molar-refractivity contribution in [2.24, 2.45) is 0 Å². The van der Waals surface area contributed by atoms with Crippen LogP contribution >= 0.6 is 0 Å². The Balaban J connectivity index is 2.50. The molecule has 1 aromatic heterocycles. The summed E-state index contributed by atoms with van der Waals surface area (Å²) < 4.78 is 1.36.